The number of anilines is 1. The van der Waals surface area contributed by atoms with Crippen LogP contribution in [0.4, 0.5) is 5.82 Å². The van der Waals surface area contributed by atoms with Gasteiger partial charge in [-0.3, -0.25) is 0 Å². The fourth-order valence-electron chi connectivity index (χ4n) is 2.90. The average Bonchev–Trinajstić information content (AvgIpc) is 2.89. The Balaban J connectivity index is 1.83. The summed E-state index contributed by atoms with van der Waals surface area (Å²) in [5.74, 6) is 2.02. The van der Waals surface area contributed by atoms with E-state index in [2.05, 4.69) is 10.3 Å². The lowest BCUT2D eigenvalue weighted by Gasteiger charge is -2.16. The van der Waals surface area contributed by atoms with Crippen molar-refractivity contribution < 1.29 is 9.84 Å². The Morgan fingerprint density at radius 2 is 2.25 bits per heavy atom. The molecular weight excluding hydrogens is 252 g/mol. The van der Waals surface area contributed by atoms with Crippen molar-refractivity contribution in [2.24, 2.45) is 5.92 Å². The molecule has 3 rings (SSSR count). The topological polar surface area (TPSA) is 54.4 Å². The molecule has 1 aromatic carbocycles. The van der Waals surface area contributed by atoms with Gasteiger partial charge in [0.05, 0.1) is 13.2 Å². The molecule has 2 N–H and O–H groups in total. The Morgan fingerprint density at radius 3 is 3.00 bits per heavy atom. The van der Waals surface area contributed by atoms with E-state index in [1.165, 1.54) is 0 Å². The van der Waals surface area contributed by atoms with Crippen LogP contribution in [-0.2, 0) is 0 Å². The minimum absolute atomic E-state index is 0.174. The van der Waals surface area contributed by atoms with E-state index < -0.39 is 0 Å². The fraction of sp³-hybridized carbons (Fsp3) is 0.438. The smallest absolute Gasteiger partial charge is 0.133 e. The van der Waals surface area contributed by atoms with E-state index in [1.54, 1.807) is 7.11 Å². The van der Waals surface area contributed by atoms with E-state index >= 15 is 0 Å². The zero-order valence-electron chi connectivity index (χ0n) is 11.7. The summed E-state index contributed by atoms with van der Waals surface area (Å²) < 4.78 is 5.28. The minimum Gasteiger partial charge on any atom is -0.497 e. The van der Waals surface area contributed by atoms with Gasteiger partial charge in [-0.15, -0.1) is 0 Å². The van der Waals surface area contributed by atoms with Crippen LogP contribution >= 0.6 is 0 Å². The van der Waals surface area contributed by atoms with Gasteiger partial charge >= 0.3 is 0 Å². The first-order valence-electron chi connectivity index (χ1n) is 7.12. The number of aliphatic hydroxyl groups excluding tert-OH is 1. The number of pyridine rings is 1. The van der Waals surface area contributed by atoms with Gasteiger partial charge in [-0.05, 0) is 36.4 Å². The van der Waals surface area contributed by atoms with Crippen LogP contribution < -0.4 is 10.1 Å². The summed E-state index contributed by atoms with van der Waals surface area (Å²) in [5.41, 5.74) is 0. The van der Waals surface area contributed by atoms with Crippen LogP contribution in [0.15, 0.2) is 30.5 Å². The van der Waals surface area contributed by atoms with Gasteiger partial charge in [0, 0.05) is 24.0 Å². The van der Waals surface area contributed by atoms with Crippen LogP contribution in [0.25, 0.3) is 10.8 Å². The molecule has 2 atom stereocenters. The quantitative estimate of drug-likeness (QED) is 0.898. The van der Waals surface area contributed by atoms with Gasteiger partial charge in [0.1, 0.15) is 11.6 Å². The van der Waals surface area contributed by atoms with Crippen molar-refractivity contribution >= 4 is 16.6 Å². The molecule has 0 radical (unpaired) electrons. The average molecular weight is 272 g/mol. The molecule has 1 heterocycles. The molecule has 0 bridgehead atoms. The van der Waals surface area contributed by atoms with Gasteiger partial charge in [0.15, 0.2) is 0 Å². The van der Waals surface area contributed by atoms with Crippen molar-refractivity contribution in [3.8, 4) is 5.75 Å². The number of aliphatic hydroxyl groups is 1. The summed E-state index contributed by atoms with van der Waals surface area (Å²) in [7, 11) is 1.67. The molecule has 1 aliphatic rings. The molecular formula is C16H20N2O2. The van der Waals surface area contributed by atoms with Crippen molar-refractivity contribution in [3.05, 3.63) is 30.5 Å². The van der Waals surface area contributed by atoms with Crippen molar-refractivity contribution in [1.82, 2.24) is 4.98 Å². The first kappa shape index (κ1) is 13.2. The van der Waals surface area contributed by atoms with Crippen molar-refractivity contribution in [3.63, 3.8) is 0 Å². The SMILES string of the molecule is COc1ccc2ccnc(NCC3CCCC3O)c2c1. The molecule has 0 saturated heterocycles. The molecule has 4 heteroatoms. The molecule has 0 aliphatic heterocycles. The maximum Gasteiger partial charge on any atom is 0.133 e. The summed E-state index contributed by atoms with van der Waals surface area (Å²) in [6.07, 6.45) is 4.75. The molecule has 1 saturated carbocycles. The Hall–Kier alpha value is -1.81. The Bertz CT molecular complexity index is 600. The van der Waals surface area contributed by atoms with Crippen LogP contribution in [0.3, 0.4) is 0 Å². The summed E-state index contributed by atoms with van der Waals surface area (Å²) in [6, 6.07) is 7.97. The van der Waals surface area contributed by atoms with E-state index in [0.29, 0.717) is 5.92 Å². The molecule has 106 valence electrons. The van der Waals surface area contributed by atoms with Crippen molar-refractivity contribution in [1.29, 1.82) is 0 Å². The van der Waals surface area contributed by atoms with Gasteiger partial charge in [-0.2, -0.15) is 0 Å². The molecule has 1 aliphatic carbocycles. The predicted molar refractivity (Wildman–Crippen MR) is 80.1 cm³/mol. The minimum atomic E-state index is -0.174. The number of hydrogen-bond acceptors (Lipinski definition) is 4. The summed E-state index contributed by atoms with van der Waals surface area (Å²) >= 11 is 0. The zero-order valence-corrected chi connectivity index (χ0v) is 11.7. The highest BCUT2D eigenvalue weighted by Gasteiger charge is 2.24. The number of aromatic nitrogens is 1. The molecule has 1 aromatic heterocycles. The number of rotatable bonds is 4. The second-order valence-corrected chi connectivity index (χ2v) is 5.39. The standard InChI is InChI=1S/C16H20N2O2/c1-20-13-6-5-11-7-8-17-16(14(11)9-13)18-10-12-3-2-4-15(12)19/h5-9,12,15,19H,2-4,10H2,1H3,(H,17,18). The van der Waals surface area contributed by atoms with Gasteiger partial charge in [-0.25, -0.2) is 4.98 Å². The number of hydrogen-bond donors (Lipinski definition) is 2. The fourth-order valence-corrected chi connectivity index (χ4v) is 2.90. The van der Waals surface area contributed by atoms with Crippen LogP contribution in [0, 0.1) is 5.92 Å². The highest BCUT2D eigenvalue weighted by atomic mass is 16.5. The van der Waals surface area contributed by atoms with Gasteiger partial charge in [0.25, 0.3) is 0 Å². The van der Waals surface area contributed by atoms with Gasteiger partial charge in [0.2, 0.25) is 0 Å². The van der Waals surface area contributed by atoms with E-state index in [0.717, 1.165) is 48.1 Å². The van der Waals surface area contributed by atoms with Crippen molar-refractivity contribution in [2.45, 2.75) is 25.4 Å². The van der Waals surface area contributed by atoms with E-state index in [-0.39, 0.29) is 6.10 Å². The number of methoxy groups -OCH3 is 1. The highest BCUT2D eigenvalue weighted by Crippen LogP contribution is 2.28. The predicted octanol–water partition coefficient (Wildman–Crippen LogP) is 2.82. The van der Waals surface area contributed by atoms with Crippen LogP contribution in [-0.4, -0.2) is 29.8 Å². The molecule has 4 nitrogen and oxygen atoms in total. The molecule has 2 unspecified atom stereocenters. The van der Waals surface area contributed by atoms with Crippen LogP contribution in [0.2, 0.25) is 0 Å². The zero-order chi connectivity index (χ0) is 13.9. The van der Waals surface area contributed by atoms with Gasteiger partial charge in [-0.1, -0.05) is 12.5 Å². The number of fused-ring (bicyclic) bond motifs is 1. The number of benzene rings is 1. The second-order valence-electron chi connectivity index (χ2n) is 5.39. The lowest BCUT2D eigenvalue weighted by Crippen LogP contribution is -2.22. The van der Waals surface area contributed by atoms with Crippen LogP contribution in [0.5, 0.6) is 5.75 Å². The first-order chi connectivity index (χ1) is 9.78. The summed E-state index contributed by atoms with van der Waals surface area (Å²) in [4.78, 5) is 4.42. The third-order valence-corrected chi connectivity index (χ3v) is 4.12. The molecule has 20 heavy (non-hydrogen) atoms. The lowest BCUT2D eigenvalue weighted by molar-refractivity contribution is 0.138. The maximum atomic E-state index is 9.88. The van der Waals surface area contributed by atoms with Gasteiger partial charge < -0.3 is 15.2 Å². The molecule has 0 amide bonds. The normalized spacial score (nSPS) is 22.1. The number of ether oxygens (including phenoxy) is 1. The Labute approximate surface area is 118 Å². The Morgan fingerprint density at radius 1 is 1.35 bits per heavy atom. The van der Waals surface area contributed by atoms with E-state index in [4.69, 9.17) is 4.74 Å². The maximum absolute atomic E-state index is 9.88. The largest absolute Gasteiger partial charge is 0.497 e. The monoisotopic (exact) mass is 272 g/mol. The summed E-state index contributed by atoms with van der Waals surface area (Å²) in [5, 5.41) is 15.5. The molecule has 0 spiro atoms. The lowest BCUT2D eigenvalue weighted by atomic mass is 10.1. The Kier molecular flexibility index (Phi) is 3.74. The number of nitrogens with zero attached hydrogens (tertiary/aromatic N) is 1. The highest BCUT2D eigenvalue weighted by molar-refractivity contribution is 5.92. The molecule has 1 fully saturated rings. The van der Waals surface area contributed by atoms with E-state index in [9.17, 15) is 5.11 Å². The number of nitrogens with one attached hydrogen (secondary N) is 1. The first-order valence-corrected chi connectivity index (χ1v) is 7.12. The van der Waals surface area contributed by atoms with Crippen molar-refractivity contribution in [2.75, 3.05) is 19.0 Å². The molecule has 2 aromatic rings. The third kappa shape index (κ3) is 2.56. The van der Waals surface area contributed by atoms with Crippen LogP contribution in [0.1, 0.15) is 19.3 Å². The van der Waals surface area contributed by atoms with E-state index in [1.807, 2.05) is 30.5 Å². The second kappa shape index (κ2) is 5.67. The summed E-state index contributed by atoms with van der Waals surface area (Å²) in [6.45, 7) is 0.768. The third-order valence-electron chi connectivity index (χ3n) is 4.12.